The maximum Gasteiger partial charge on any atom is 0.131 e. The molecule has 1 unspecified atom stereocenters. The fourth-order valence-electron chi connectivity index (χ4n) is 1.81. The quantitative estimate of drug-likeness (QED) is 0.765. The molecule has 0 amide bonds. The van der Waals surface area contributed by atoms with E-state index in [1.165, 1.54) is 6.07 Å². The molecule has 1 atom stereocenters. The molecule has 0 aliphatic rings. The second-order valence-electron chi connectivity index (χ2n) is 4.00. The van der Waals surface area contributed by atoms with Crippen molar-refractivity contribution >= 4 is 0 Å². The first-order valence-corrected chi connectivity index (χ1v) is 5.80. The molecule has 3 heteroatoms. The number of rotatable bonds is 6. The molecule has 0 heterocycles. The first-order chi connectivity index (χ1) is 8.13. The van der Waals surface area contributed by atoms with Gasteiger partial charge >= 0.3 is 0 Å². The van der Waals surface area contributed by atoms with Crippen LogP contribution in [0.2, 0.25) is 0 Å². The molecule has 1 N–H and O–H groups in total. The summed E-state index contributed by atoms with van der Waals surface area (Å²) in [5.41, 5.74) is 1.67. The lowest BCUT2D eigenvalue weighted by atomic mass is 9.97. The maximum absolute atomic E-state index is 13.9. The van der Waals surface area contributed by atoms with Crippen LogP contribution in [0.5, 0.6) is 5.75 Å². The number of ether oxygens (including phenoxy) is 1. The van der Waals surface area contributed by atoms with Crippen molar-refractivity contribution in [3.05, 3.63) is 41.7 Å². The van der Waals surface area contributed by atoms with E-state index >= 15 is 0 Å². The molecule has 94 valence electrons. The number of benzene rings is 1. The van der Waals surface area contributed by atoms with Crippen LogP contribution in [-0.4, -0.2) is 14.2 Å². The van der Waals surface area contributed by atoms with E-state index < -0.39 is 0 Å². The van der Waals surface area contributed by atoms with Crippen molar-refractivity contribution in [2.24, 2.45) is 0 Å². The molecule has 1 aromatic rings. The zero-order valence-corrected chi connectivity index (χ0v) is 10.7. The highest BCUT2D eigenvalue weighted by atomic mass is 19.1. The molecular formula is C14H20FNO. The minimum atomic E-state index is -0.243. The molecule has 0 saturated carbocycles. The molecule has 17 heavy (non-hydrogen) atoms. The summed E-state index contributed by atoms with van der Waals surface area (Å²) in [6, 6.07) is 4.78. The van der Waals surface area contributed by atoms with Gasteiger partial charge in [0, 0.05) is 11.6 Å². The standard InChI is InChI=1S/C14H20FNO/c1-5-10(2)9-12(16-3)14-11(15)7-6-8-13(14)17-4/h6-8,12,16H,2,5,9H2,1,3-4H3. The predicted octanol–water partition coefficient (Wildman–Crippen LogP) is 3.45. The van der Waals surface area contributed by atoms with Crippen molar-refractivity contribution in [2.45, 2.75) is 25.8 Å². The molecule has 1 rings (SSSR count). The lowest BCUT2D eigenvalue weighted by molar-refractivity contribution is 0.392. The summed E-state index contributed by atoms with van der Waals surface area (Å²) in [4.78, 5) is 0. The highest BCUT2D eigenvalue weighted by Crippen LogP contribution is 2.31. The summed E-state index contributed by atoms with van der Waals surface area (Å²) in [6.07, 6.45) is 1.61. The van der Waals surface area contributed by atoms with Crippen molar-refractivity contribution in [3.63, 3.8) is 0 Å². The Bertz CT molecular complexity index is 390. The van der Waals surface area contributed by atoms with E-state index in [9.17, 15) is 4.39 Å². The number of hydrogen-bond acceptors (Lipinski definition) is 2. The van der Waals surface area contributed by atoms with E-state index in [-0.39, 0.29) is 11.9 Å². The molecule has 0 aliphatic carbocycles. The van der Waals surface area contributed by atoms with Crippen LogP contribution in [0, 0.1) is 5.82 Å². The second kappa shape index (κ2) is 6.40. The smallest absolute Gasteiger partial charge is 0.131 e. The minimum Gasteiger partial charge on any atom is -0.496 e. The molecule has 2 nitrogen and oxygen atoms in total. The SMILES string of the molecule is C=C(CC)CC(NC)c1c(F)cccc1OC. The maximum atomic E-state index is 13.9. The summed E-state index contributed by atoms with van der Waals surface area (Å²) in [6.45, 7) is 6.02. The van der Waals surface area contributed by atoms with Gasteiger partial charge in [-0.25, -0.2) is 4.39 Å². The van der Waals surface area contributed by atoms with E-state index in [1.54, 1.807) is 19.2 Å². The van der Waals surface area contributed by atoms with Crippen molar-refractivity contribution in [3.8, 4) is 5.75 Å². The highest BCUT2D eigenvalue weighted by molar-refractivity contribution is 5.37. The second-order valence-corrected chi connectivity index (χ2v) is 4.00. The zero-order chi connectivity index (χ0) is 12.8. The van der Waals surface area contributed by atoms with Crippen LogP contribution in [0.15, 0.2) is 30.4 Å². The average Bonchev–Trinajstić information content (AvgIpc) is 2.35. The number of methoxy groups -OCH3 is 1. The van der Waals surface area contributed by atoms with Crippen LogP contribution in [0.25, 0.3) is 0 Å². The van der Waals surface area contributed by atoms with Crippen LogP contribution in [0.4, 0.5) is 4.39 Å². The van der Waals surface area contributed by atoms with Crippen LogP contribution in [0.1, 0.15) is 31.4 Å². The number of hydrogen-bond donors (Lipinski definition) is 1. The average molecular weight is 237 g/mol. The van der Waals surface area contributed by atoms with Gasteiger partial charge in [-0.05, 0) is 32.0 Å². The van der Waals surface area contributed by atoms with E-state index in [4.69, 9.17) is 4.74 Å². The van der Waals surface area contributed by atoms with Crippen molar-refractivity contribution in [1.82, 2.24) is 5.32 Å². The van der Waals surface area contributed by atoms with E-state index in [2.05, 4.69) is 11.9 Å². The van der Waals surface area contributed by atoms with Gasteiger partial charge in [0.15, 0.2) is 0 Å². The van der Waals surface area contributed by atoms with Crippen molar-refractivity contribution in [1.29, 1.82) is 0 Å². The van der Waals surface area contributed by atoms with Crippen molar-refractivity contribution in [2.75, 3.05) is 14.2 Å². The normalized spacial score (nSPS) is 12.2. The van der Waals surface area contributed by atoms with Gasteiger partial charge in [-0.3, -0.25) is 0 Å². The van der Waals surface area contributed by atoms with Gasteiger partial charge in [-0.15, -0.1) is 0 Å². The number of nitrogens with one attached hydrogen (secondary N) is 1. The molecule has 0 saturated heterocycles. The van der Waals surface area contributed by atoms with Gasteiger partial charge in [-0.2, -0.15) is 0 Å². The lowest BCUT2D eigenvalue weighted by Gasteiger charge is -2.20. The summed E-state index contributed by atoms with van der Waals surface area (Å²) in [5.74, 6) is 0.334. The fraction of sp³-hybridized carbons (Fsp3) is 0.429. The monoisotopic (exact) mass is 237 g/mol. The Labute approximate surface area is 102 Å². The Kier molecular flexibility index (Phi) is 5.16. The molecule has 0 bridgehead atoms. The third-order valence-corrected chi connectivity index (χ3v) is 2.92. The molecule has 0 spiro atoms. The first kappa shape index (κ1) is 13.7. The highest BCUT2D eigenvalue weighted by Gasteiger charge is 2.19. The Balaban J connectivity index is 3.06. The molecule has 0 fully saturated rings. The molecular weight excluding hydrogens is 217 g/mol. The summed E-state index contributed by atoms with van der Waals surface area (Å²) in [5, 5.41) is 3.12. The summed E-state index contributed by atoms with van der Waals surface area (Å²) in [7, 11) is 3.37. The lowest BCUT2D eigenvalue weighted by Crippen LogP contribution is -2.19. The number of halogens is 1. The largest absolute Gasteiger partial charge is 0.496 e. The van der Waals surface area contributed by atoms with E-state index in [0.29, 0.717) is 17.7 Å². The molecule has 0 aliphatic heterocycles. The Hall–Kier alpha value is -1.35. The summed E-state index contributed by atoms with van der Waals surface area (Å²) < 4.78 is 19.1. The zero-order valence-electron chi connectivity index (χ0n) is 10.7. The third kappa shape index (κ3) is 3.30. The fourth-order valence-corrected chi connectivity index (χ4v) is 1.81. The molecule has 1 aromatic carbocycles. The minimum absolute atomic E-state index is 0.0985. The van der Waals surface area contributed by atoms with Crippen LogP contribution < -0.4 is 10.1 Å². The van der Waals surface area contributed by atoms with Crippen LogP contribution in [0.3, 0.4) is 0 Å². The Morgan fingerprint density at radius 2 is 2.24 bits per heavy atom. The van der Waals surface area contributed by atoms with Crippen LogP contribution >= 0.6 is 0 Å². The van der Waals surface area contributed by atoms with Gasteiger partial charge in [-0.1, -0.05) is 25.1 Å². The van der Waals surface area contributed by atoms with Gasteiger partial charge in [0.25, 0.3) is 0 Å². The first-order valence-electron chi connectivity index (χ1n) is 5.80. The Morgan fingerprint density at radius 1 is 1.53 bits per heavy atom. The topological polar surface area (TPSA) is 21.3 Å². The van der Waals surface area contributed by atoms with Gasteiger partial charge in [0.05, 0.1) is 7.11 Å². The van der Waals surface area contributed by atoms with Gasteiger partial charge in [0.2, 0.25) is 0 Å². The molecule has 0 aromatic heterocycles. The van der Waals surface area contributed by atoms with E-state index in [0.717, 1.165) is 12.0 Å². The predicted molar refractivity (Wildman–Crippen MR) is 68.8 cm³/mol. The molecule has 0 radical (unpaired) electrons. The van der Waals surface area contributed by atoms with Gasteiger partial charge in [0.1, 0.15) is 11.6 Å². The van der Waals surface area contributed by atoms with Crippen molar-refractivity contribution < 1.29 is 9.13 Å². The third-order valence-electron chi connectivity index (χ3n) is 2.92. The van der Waals surface area contributed by atoms with Gasteiger partial charge < -0.3 is 10.1 Å². The Morgan fingerprint density at radius 3 is 2.76 bits per heavy atom. The summed E-state index contributed by atoms with van der Waals surface area (Å²) >= 11 is 0. The van der Waals surface area contributed by atoms with E-state index in [1.807, 2.05) is 14.0 Å². The van der Waals surface area contributed by atoms with Crippen LogP contribution in [-0.2, 0) is 0 Å².